The minimum absolute atomic E-state index is 0.792. The molecule has 2 nitrogen and oxygen atoms in total. The molecule has 1 atom stereocenters. The molecule has 1 heterocycles. The van der Waals surface area contributed by atoms with Crippen LogP contribution < -0.4 is 0 Å². The van der Waals surface area contributed by atoms with Gasteiger partial charge in [0, 0.05) is 17.9 Å². The largest absolute Gasteiger partial charge is 0.305 e. The van der Waals surface area contributed by atoms with Crippen molar-refractivity contribution in [3.63, 3.8) is 0 Å². The highest BCUT2D eigenvalue weighted by atomic mass is 79.9. The van der Waals surface area contributed by atoms with Crippen LogP contribution in [0, 0.1) is 0 Å². The van der Waals surface area contributed by atoms with Crippen molar-refractivity contribution >= 4 is 15.9 Å². The quantitative estimate of drug-likeness (QED) is 0.680. The van der Waals surface area contributed by atoms with E-state index in [0.29, 0.717) is 0 Å². The third-order valence-electron chi connectivity index (χ3n) is 2.59. The zero-order valence-corrected chi connectivity index (χ0v) is 9.68. The van der Waals surface area contributed by atoms with Crippen LogP contribution in [0.1, 0.15) is 12.8 Å². The number of rotatable bonds is 4. The third-order valence-corrected chi connectivity index (χ3v) is 3.15. The summed E-state index contributed by atoms with van der Waals surface area (Å²) in [5.41, 5.74) is 0. The molecule has 0 radical (unpaired) electrons. The van der Waals surface area contributed by atoms with Gasteiger partial charge in [-0.1, -0.05) is 15.9 Å². The highest BCUT2D eigenvalue weighted by Crippen LogP contribution is 2.13. The van der Waals surface area contributed by atoms with E-state index in [4.69, 9.17) is 0 Å². The normalized spacial score (nSPS) is 25.5. The highest BCUT2D eigenvalue weighted by Gasteiger charge is 2.22. The van der Waals surface area contributed by atoms with Crippen LogP contribution >= 0.6 is 15.9 Å². The molecule has 1 rings (SSSR count). The van der Waals surface area contributed by atoms with E-state index in [1.54, 1.807) is 0 Å². The maximum atomic E-state index is 3.46. The van der Waals surface area contributed by atoms with Crippen LogP contribution in [0.4, 0.5) is 0 Å². The van der Waals surface area contributed by atoms with Gasteiger partial charge < -0.3 is 9.80 Å². The van der Waals surface area contributed by atoms with Gasteiger partial charge >= 0.3 is 0 Å². The number of halogens is 1. The van der Waals surface area contributed by atoms with Crippen molar-refractivity contribution in [3.05, 3.63) is 0 Å². The molecular weight excluding hydrogens is 216 g/mol. The lowest BCUT2D eigenvalue weighted by Gasteiger charge is -2.19. The fourth-order valence-electron chi connectivity index (χ4n) is 1.72. The van der Waals surface area contributed by atoms with Crippen LogP contribution in [0.3, 0.4) is 0 Å². The van der Waals surface area contributed by atoms with Gasteiger partial charge in [0.1, 0.15) is 0 Å². The van der Waals surface area contributed by atoms with Crippen LogP contribution in [0.15, 0.2) is 0 Å². The number of alkyl halides is 1. The van der Waals surface area contributed by atoms with Crippen LogP contribution in [-0.2, 0) is 0 Å². The van der Waals surface area contributed by atoms with E-state index >= 15 is 0 Å². The second-order valence-electron chi connectivity index (χ2n) is 3.75. The fourth-order valence-corrected chi connectivity index (χ4v) is 1.97. The van der Waals surface area contributed by atoms with Gasteiger partial charge in [-0.15, -0.1) is 0 Å². The van der Waals surface area contributed by atoms with Crippen LogP contribution in [-0.4, -0.2) is 54.9 Å². The summed E-state index contributed by atoms with van der Waals surface area (Å²) in [5.74, 6) is 0. The van der Waals surface area contributed by atoms with Gasteiger partial charge in [0.05, 0.1) is 0 Å². The van der Waals surface area contributed by atoms with Gasteiger partial charge in [-0.25, -0.2) is 0 Å². The second-order valence-corrected chi connectivity index (χ2v) is 4.54. The third kappa shape index (κ3) is 3.04. The molecule has 3 heteroatoms. The van der Waals surface area contributed by atoms with Crippen molar-refractivity contribution in [2.75, 3.05) is 39.1 Å². The molecule has 0 spiro atoms. The average molecular weight is 235 g/mol. The van der Waals surface area contributed by atoms with E-state index < -0.39 is 0 Å². The Morgan fingerprint density at radius 3 is 2.75 bits per heavy atom. The van der Waals surface area contributed by atoms with Gasteiger partial charge in [-0.05, 0) is 40.0 Å². The van der Waals surface area contributed by atoms with E-state index in [2.05, 4.69) is 39.8 Å². The van der Waals surface area contributed by atoms with E-state index in [9.17, 15) is 0 Å². The Morgan fingerprint density at radius 2 is 2.25 bits per heavy atom. The molecule has 12 heavy (non-hydrogen) atoms. The number of likely N-dealkylation sites (N-methyl/N-ethyl adjacent to an activating group) is 1. The molecule has 72 valence electrons. The summed E-state index contributed by atoms with van der Waals surface area (Å²) in [6, 6.07) is 0.792. The summed E-state index contributed by atoms with van der Waals surface area (Å²) < 4.78 is 0. The molecule has 0 amide bonds. The molecule has 0 aromatic rings. The minimum atomic E-state index is 0.792. The number of hydrogen-bond donors (Lipinski definition) is 0. The van der Waals surface area contributed by atoms with Gasteiger partial charge in [0.25, 0.3) is 0 Å². The Morgan fingerprint density at radius 1 is 1.50 bits per heavy atom. The fraction of sp³-hybridized carbons (Fsp3) is 1.00. The first-order valence-electron chi connectivity index (χ1n) is 4.69. The summed E-state index contributed by atoms with van der Waals surface area (Å²) in [6.45, 7) is 3.81. The first kappa shape index (κ1) is 10.5. The average Bonchev–Trinajstić information content (AvgIpc) is 2.48. The molecule has 0 saturated carbocycles. The molecule has 1 unspecified atom stereocenters. The smallest absolute Gasteiger partial charge is 0.0229 e. The molecule has 1 fully saturated rings. The summed E-state index contributed by atoms with van der Waals surface area (Å²) in [5, 5.41) is 1.14. The van der Waals surface area contributed by atoms with Gasteiger partial charge in [0.15, 0.2) is 0 Å². The predicted molar refractivity (Wildman–Crippen MR) is 56.9 cm³/mol. The molecule has 0 aliphatic carbocycles. The monoisotopic (exact) mass is 234 g/mol. The SMILES string of the molecule is CN(C)C1CCN(CCCBr)C1. The Bertz CT molecular complexity index is 128. The van der Waals surface area contributed by atoms with E-state index in [0.717, 1.165) is 11.4 Å². The van der Waals surface area contributed by atoms with Crippen molar-refractivity contribution in [2.24, 2.45) is 0 Å². The zero-order valence-electron chi connectivity index (χ0n) is 8.09. The first-order valence-corrected chi connectivity index (χ1v) is 5.81. The first-order chi connectivity index (χ1) is 5.74. The van der Waals surface area contributed by atoms with Gasteiger partial charge in [-0.2, -0.15) is 0 Å². The molecule has 1 aliphatic heterocycles. The zero-order chi connectivity index (χ0) is 8.97. The minimum Gasteiger partial charge on any atom is -0.305 e. The summed E-state index contributed by atoms with van der Waals surface area (Å²) in [6.07, 6.45) is 2.62. The topological polar surface area (TPSA) is 6.48 Å². The Hall–Kier alpha value is 0.400. The van der Waals surface area contributed by atoms with Gasteiger partial charge in [0.2, 0.25) is 0 Å². The Balaban J connectivity index is 2.17. The predicted octanol–water partition coefficient (Wildman–Crippen LogP) is 1.41. The van der Waals surface area contributed by atoms with Crippen LogP contribution in [0.2, 0.25) is 0 Å². The van der Waals surface area contributed by atoms with E-state index in [1.807, 2.05) is 0 Å². The van der Waals surface area contributed by atoms with Crippen molar-refractivity contribution < 1.29 is 0 Å². The van der Waals surface area contributed by atoms with Crippen molar-refractivity contribution in [1.29, 1.82) is 0 Å². The van der Waals surface area contributed by atoms with Crippen molar-refractivity contribution in [2.45, 2.75) is 18.9 Å². The van der Waals surface area contributed by atoms with Crippen LogP contribution in [0.5, 0.6) is 0 Å². The van der Waals surface area contributed by atoms with Crippen molar-refractivity contribution in [1.82, 2.24) is 9.80 Å². The van der Waals surface area contributed by atoms with Gasteiger partial charge in [-0.3, -0.25) is 0 Å². The Kier molecular flexibility index (Phi) is 4.54. The molecule has 0 bridgehead atoms. The molecule has 1 saturated heterocycles. The van der Waals surface area contributed by atoms with E-state index in [-0.39, 0.29) is 0 Å². The number of nitrogens with zero attached hydrogens (tertiary/aromatic N) is 2. The molecule has 1 aliphatic rings. The number of likely N-dealkylation sites (tertiary alicyclic amines) is 1. The maximum absolute atomic E-state index is 3.46. The summed E-state index contributed by atoms with van der Waals surface area (Å²) in [4.78, 5) is 4.90. The second kappa shape index (κ2) is 5.20. The lowest BCUT2D eigenvalue weighted by molar-refractivity contribution is 0.269. The molecular formula is C9H19BrN2. The molecule has 0 aromatic heterocycles. The molecule has 0 aromatic carbocycles. The van der Waals surface area contributed by atoms with Crippen LogP contribution in [0.25, 0.3) is 0 Å². The standard InChI is InChI=1S/C9H19BrN2/c1-11(2)9-4-7-12(8-9)6-3-5-10/h9H,3-8H2,1-2H3. The summed E-state index contributed by atoms with van der Waals surface area (Å²) >= 11 is 3.46. The lowest BCUT2D eigenvalue weighted by atomic mass is 10.2. The number of hydrogen-bond acceptors (Lipinski definition) is 2. The Labute approximate surface area is 84.0 Å². The molecule has 0 N–H and O–H groups in total. The maximum Gasteiger partial charge on any atom is 0.0229 e. The van der Waals surface area contributed by atoms with Crippen molar-refractivity contribution in [3.8, 4) is 0 Å². The summed E-state index contributed by atoms with van der Waals surface area (Å²) in [7, 11) is 4.36. The highest BCUT2D eigenvalue weighted by molar-refractivity contribution is 9.09. The lowest BCUT2D eigenvalue weighted by Crippen LogP contribution is -2.31. The van der Waals surface area contributed by atoms with E-state index in [1.165, 1.54) is 32.5 Å².